The van der Waals surface area contributed by atoms with Crippen LogP contribution in [0.1, 0.15) is 48.6 Å². The monoisotopic (exact) mass is 416 g/mol. The molecule has 0 aliphatic heterocycles. The van der Waals surface area contributed by atoms with E-state index in [1.807, 2.05) is 24.3 Å². The maximum Gasteiger partial charge on any atom is 0.161 e. The Kier molecular flexibility index (Phi) is 7.01. The molecular formula is C27H32N2O2. The van der Waals surface area contributed by atoms with Crippen molar-refractivity contribution in [1.82, 2.24) is 0 Å². The molecule has 3 rings (SSSR count). The van der Waals surface area contributed by atoms with Crippen molar-refractivity contribution in [3.8, 4) is 11.5 Å². The maximum absolute atomic E-state index is 6.01. The van der Waals surface area contributed by atoms with Crippen LogP contribution >= 0.6 is 0 Å². The molecule has 0 saturated carbocycles. The van der Waals surface area contributed by atoms with E-state index in [9.17, 15) is 0 Å². The van der Waals surface area contributed by atoms with E-state index in [-0.39, 0.29) is 5.41 Å². The zero-order chi connectivity index (χ0) is 22.4. The molecule has 0 aromatic heterocycles. The summed E-state index contributed by atoms with van der Waals surface area (Å²) < 4.78 is 11.5. The average Bonchev–Trinajstić information content (AvgIpc) is 2.75. The summed E-state index contributed by atoms with van der Waals surface area (Å²) in [4.78, 5) is 0. The average molecular weight is 417 g/mol. The van der Waals surface area contributed by atoms with Gasteiger partial charge in [-0.25, -0.2) is 0 Å². The Morgan fingerprint density at radius 3 is 2.26 bits per heavy atom. The summed E-state index contributed by atoms with van der Waals surface area (Å²) in [6.07, 6.45) is 1.77. The van der Waals surface area contributed by atoms with E-state index in [1.165, 1.54) is 16.7 Å². The molecule has 0 aliphatic rings. The minimum atomic E-state index is 0.146. The lowest BCUT2D eigenvalue weighted by molar-refractivity contribution is 0.284. The lowest BCUT2D eigenvalue weighted by Gasteiger charge is -2.19. The molecule has 3 aromatic rings. The molecule has 0 atom stereocenters. The zero-order valence-corrected chi connectivity index (χ0v) is 19.3. The topological polar surface area (TPSA) is 42.8 Å². The second-order valence-corrected chi connectivity index (χ2v) is 8.81. The van der Waals surface area contributed by atoms with Gasteiger partial charge in [0, 0.05) is 0 Å². The van der Waals surface area contributed by atoms with Crippen LogP contribution in [0, 0.1) is 13.8 Å². The standard InChI is InChI=1S/C27H32N2O2/c1-19-7-13-24(15-20(19)2)29-28-17-22-10-14-25(26(16-22)30-6)31-18-21-8-11-23(12-9-21)27(3,4)5/h7-17,29H,18H2,1-6H3/b28-17+. The SMILES string of the molecule is COc1cc(/C=N/Nc2ccc(C)c(C)c2)ccc1OCc1ccc(C(C)(C)C)cc1. The Balaban J connectivity index is 1.63. The summed E-state index contributed by atoms with van der Waals surface area (Å²) in [5, 5.41) is 4.34. The predicted molar refractivity (Wildman–Crippen MR) is 130 cm³/mol. The third-order valence-corrected chi connectivity index (χ3v) is 5.32. The van der Waals surface area contributed by atoms with Gasteiger partial charge in [0.15, 0.2) is 11.5 Å². The Bertz CT molecular complexity index is 1050. The first kappa shape index (κ1) is 22.4. The van der Waals surface area contributed by atoms with Crippen LogP contribution in [0.15, 0.2) is 65.8 Å². The van der Waals surface area contributed by atoms with Gasteiger partial charge in [-0.05, 0) is 77.4 Å². The van der Waals surface area contributed by atoms with Gasteiger partial charge in [0.05, 0.1) is 19.0 Å². The molecule has 4 nitrogen and oxygen atoms in total. The molecule has 0 fully saturated rings. The van der Waals surface area contributed by atoms with Crippen LogP contribution in [-0.2, 0) is 12.0 Å². The number of aryl methyl sites for hydroxylation is 2. The first-order valence-corrected chi connectivity index (χ1v) is 10.5. The van der Waals surface area contributed by atoms with Crippen LogP contribution in [0.3, 0.4) is 0 Å². The number of hydrogen-bond acceptors (Lipinski definition) is 4. The lowest BCUT2D eigenvalue weighted by Crippen LogP contribution is -2.10. The largest absolute Gasteiger partial charge is 0.493 e. The molecular weight excluding hydrogens is 384 g/mol. The highest BCUT2D eigenvalue weighted by molar-refractivity contribution is 5.81. The highest BCUT2D eigenvalue weighted by Crippen LogP contribution is 2.29. The third-order valence-electron chi connectivity index (χ3n) is 5.32. The van der Waals surface area contributed by atoms with Crippen molar-refractivity contribution in [2.75, 3.05) is 12.5 Å². The van der Waals surface area contributed by atoms with E-state index < -0.39 is 0 Å². The number of ether oxygens (including phenoxy) is 2. The zero-order valence-electron chi connectivity index (χ0n) is 19.3. The van der Waals surface area contributed by atoms with Crippen LogP contribution in [0.4, 0.5) is 5.69 Å². The summed E-state index contributed by atoms with van der Waals surface area (Å²) in [6, 6.07) is 20.5. The molecule has 31 heavy (non-hydrogen) atoms. The van der Waals surface area contributed by atoms with Crippen molar-refractivity contribution in [1.29, 1.82) is 0 Å². The van der Waals surface area contributed by atoms with E-state index in [1.54, 1.807) is 13.3 Å². The van der Waals surface area contributed by atoms with Gasteiger partial charge >= 0.3 is 0 Å². The number of nitrogens with zero attached hydrogens (tertiary/aromatic N) is 1. The molecule has 0 saturated heterocycles. The van der Waals surface area contributed by atoms with Crippen molar-refractivity contribution >= 4 is 11.9 Å². The van der Waals surface area contributed by atoms with Crippen LogP contribution in [0.5, 0.6) is 11.5 Å². The van der Waals surface area contributed by atoms with E-state index in [4.69, 9.17) is 9.47 Å². The normalized spacial score (nSPS) is 11.5. The van der Waals surface area contributed by atoms with Crippen molar-refractivity contribution in [3.05, 3.63) is 88.5 Å². The van der Waals surface area contributed by atoms with Crippen LogP contribution in [0.2, 0.25) is 0 Å². The molecule has 162 valence electrons. The van der Waals surface area contributed by atoms with Gasteiger partial charge in [-0.1, -0.05) is 51.1 Å². The Morgan fingerprint density at radius 1 is 0.871 bits per heavy atom. The first-order chi connectivity index (χ1) is 14.8. The fourth-order valence-corrected chi connectivity index (χ4v) is 3.14. The molecule has 1 N–H and O–H groups in total. The Hall–Kier alpha value is -3.27. The number of nitrogens with one attached hydrogen (secondary N) is 1. The summed E-state index contributed by atoms with van der Waals surface area (Å²) in [6.45, 7) is 11.3. The fraction of sp³-hybridized carbons (Fsp3) is 0.296. The smallest absolute Gasteiger partial charge is 0.161 e. The molecule has 0 amide bonds. The van der Waals surface area contributed by atoms with Gasteiger partial charge in [0.25, 0.3) is 0 Å². The number of rotatable bonds is 7. The Labute approximate surface area is 185 Å². The molecule has 0 spiro atoms. The highest BCUT2D eigenvalue weighted by Gasteiger charge is 2.13. The summed E-state index contributed by atoms with van der Waals surface area (Å²) in [7, 11) is 1.65. The second kappa shape index (κ2) is 9.69. The van der Waals surface area contributed by atoms with E-state index in [2.05, 4.69) is 81.5 Å². The molecule has 4 heteroatoms. The third kappa shape index (κ3) is 6.11. The molecule has 0 radical (unpaired) electrons. The van der Waals surface area contributed by atoms with Gasteiger partial charge < -0.3 is 9.47 Å². The lowest BCUT2D eigenvalue weighted by atomic mass is 9.87. The highest BCUT2D eigenvalue weighted by atomic mass is 16.5. The molecule has 0 heterocycles. The van der Waals surface area contributed by atoms with Crippen LogP contribution in [0.25, 0.3) is 0 Å². The fourth-order valence-electron chi connectivity index (χ4n) is 3.14. The summed E-state index contributed by atoms with van der Waals surface area (Å²) in [5.41, 5.74) is 10.0. The van der Waals surface area contributed by atoms with E-state index in [0.29, 0.717) is 18.1 Å². The van der Waals surface area contributed by atoms with Gasteiger partial charge in [0.2, 0.25) is 0 Å². The number of hydrazone groups is 1. The summed E-state index contributed by atoms with van der Waals surface area (Å²) in [5.74, 6) is 1.39. The number of hydrogen-bond donors (Lipinski definition) is 1. The van der Waals surface area contributed by atoms with Gasteiger partial charge in [-0.3, -0.25) is 5.43 Å². The van der Waals surface area contributed by atoms with Crippen molar-refractivity contribution < 1.29 is 9.47 Å². The quantitative estimate of drug-likeness (QED) is 0.347. The minimum Gasteiger partial charge on any atom is -0.493 e. The number of anilines is 1. The molecule has 0 aliphatic carbocycles. The first-order valence-electron chi connectivity index (χ1n) is 10.5. The van der Waals surface area contributed by atoms with Crippen molar-refractivity contribution in [2.24, 2.45) is 5.10 Å². The van der Waals surface area contributed by atoms with E-state index in [0.717, 1.165) is 16.8 Å². The maximum atomic E-state index is 6.01. The molecule has 0 bridgehead atoms. The van der Waals surface area contributed by atoms with Crippen LogP contribution < -0.4 is 14.9 Å². The van der Waals surface area contributed by atoms with Gasteiger partial charge in [-0.2, -0.15) is 5.10 Å². The number of methoxy groups -OCH3 is 1. The van der Waals surface area contributed by atoms with Crippen LogP contribution in [-0.4, -0.2) is 13.3 Å². The summed E-state index contributed by atoms with van der Waals surface area (Å²) >= 11 is 0. The van der Waals surface area contributed by atoms with Crippen molar-refractivity contribution in [2.45, 2.75) is 46.6 Å². The Morgan fingerprint density at radius 2 is 1.61 bits per heavy atom. The minimum absolute atomic E-state index is 0.146. The van der Waals surface area contributed by atoms with Gasteiger partial charge in [0.1, 0.15) is 6.61 Å². The molecule has 0 unspecified atom stereocenters. The van der Waals surface area contributed by atoms with Crippen molar-refractivity contribution in [3.63, 3.8) is 0 Å². The number of benzene rings is 3. The van der Waals surface area contributed by atoms with E-state index >= 15 is 0 Å². The predicted octanol–water partition coefficient (Wildman–Crippen LogP) is 6.63. The molecule has 3 aromatic carbocycles. The van der Waals surface area contributed by atoms with Gasteiger partial charge in [-0.15, -0.1) is 0 Å². The second-order valence-electron chi connectivity index (χ2n) is 8.81.